The highest BCUT2D eigenvalue weighted by Crippen LogP contribution is 2.28. The molecule has 2 atom stereocenters. The fourth-order valence-electron chi connectivity index (χ4n) is 2.32. The van der Waals surface area contributed by atoms with Gasteiger partial charge in [-0.25, -0.2) is 4.79 Å². The lowest BCUT2D eigenvalue weighted by Crippen LogP contribution is -2.59. The Labute approximate surface area is 82.4 Å². The first kappa shape index (κ1) is 9.45. The Morgan fingerprint density at radius 3 is 2.71 bits per heavy atom. The molecule has 5 heteroatoms. The fraction of sp³-hybridized carbons (Fsp3) is 0.778. The Kier molecular flexibility index (Phi) is 2.19. The Morgan fingerprint density at radius 2 is 2.07 bits per heavy atom. The number of nitrogens with two attached hydrogens (primary N) is 1. The van der Waals surface area contributed by atoms with Crippen molar-refractivity contribution in [2.45, 2.75) is 43.7 Å². The van der Waals surface area contributed by atoms with Crippen LogP contribution in [0.2, 0.25) is 0 Å². The van der Waals surface area contributed by atoms with Crippen LogP contribution in [0.15, 0.2) is 0 Å². The van der Waals surface area contributed by atoms with Crippen molar-refractivity contribution in [3.63, 3.8) is 0 Å². The maximum absolute atomic E-state index is 11.7. The zero-order chi connectivity index (χ0) is 10.2. The Morgan fingerprint density at radius 1 is 1.29 bits per heavy atom. The molecule has 2 fully saturated rings. The zero-order valence-corrected chi connectivity index (χ0v) is 8.01. The summed E-state index contributed by atoms with van der Waals surface area (Å²) in [5.41, 5.74) is 5.13. The molecule has 4 N–H and O–H groups in total. The fourth-order valence-corrected chi connectivity index (χ4v) is 2.32. The van der Waals surface area contributed by atoms with E-state index in [2.05, 4.69) is 10.6 Å². The standard InChI is InChI=1S/C9H15N3O2/c10-6-4-2-1-3-5-9(6)7(13)11-8(14)12-9/h6H,1-5,10H2,(H2,11,12,13,14). The van der Waals surface area contributed by atoms with Crippen LogP contribution in [0.25, 0.3) is 0 Å². The van der Waals surface area contributed by atoms with Gasteiger partial charge in [0.25, 0.3) is 5.91 Å². The molecule has 1 saturated heterocycles. The first-order valence-electron chi connectivity index (χ1n) is 5.04. The van der Waals surface area contributed by atoms with Crippen molar-refractivity contribution >= 4 is 11.9 Å². The van der Waals surface area contributed by atoms with E-state index in [1.165, 1.54) is 0 Å². The predicted octanol–water partition coefficient (Wildman–Crippen LogP) is -0.144. The van der Waals surface area contributed by atoms with Gasteiger partial charge in [0.05, 0.1) is 0 Å². The van der Waals surface area contributed by atoms with E-state index in [1.807, 2.05) is 0 Å². The Balaban J connectivity index is 2.26. The molecule has 14 heavy (non-hydrogen) atoms. The molecule has 2 unspecified atom stereocenters. The molecular weight excluding hydrogens is 182 g/mol. The number of rotatable bonds is 0. The first-order chi connectivity index (χ1) is 6.65. The summed E-state index contributed by atoms with van der Waals surface area (Å²) in [6, 6.07) is -0.663. The van der Waals surface area contributed by atoms with Crippen molar-refractivity contribution in [1.29, 1.82) is 0 Å². The number of carbonyl (C=O) groups excluding carboxylic acids is 2. The third-order valence-electron chi connectivity index (χ3n) is 3.19. The van der Waals surface area contributed by atoms with Gasteiger partial charge < -0.3 is 11.1 Å². The molecule has 0 aromatic heterocycles. The smallest absolute Gasteiger partial charge is 0.322 e. The van der Waals surface area contributed by atoms with Gasteiger partial charge >= 0.3 is 6.03 Å². The molecule has 1 aliphatic heterocycles. The maximum atomic E-state index is 11.7. The molecule has 5 nitrogen and oxygen atoms in total. The van der Waals surface area contributed by atoms with Crippen LogP contribution in [0.1, 0.15) is 32.1 Å². The highest BCUT2D eigenvalue weighted by Gasteiger charge is 2.50. The number of amides is 3. The largest absolute Gasteiger partial charge is 0.325 e. The second-order valence-corrected chi connectivity index (χ2v) is 4.09. The number of urea groups is 1. The van der Waals surface area contributed by atoms with Gasteiger partial charge in [-0.15, -0.1) is 0 Å². The third kappa shape index (κ3) is 1.28. The van der Waals surface area contributed by atoms with Crippen molar-refractivity contribution in [2.24, 2.45) is 5.73 Å². The normalized spacial score (nSPS) is 37.9. The number of imide groups is 1. The van der Waals surface area contributed by atoms with Crippen LogP contribution in [0.3, 0.4) is 0 Å². The van der Waals surface area contributed by atoms with Crippen LogP contribution in [0, 0.1) is 0 Å². The Bertz CT molecular complexity index is 279. The van der Waals surface area contributed by atoms with Gasteiger partial charge in [0.2, 0.25) is 0 Å². The molecule has 1 heterocycles. The number of nitrogens with one attached hydrogen (secondary N) is 2. The van der Waals surface area contributed by atoms with E-state index in [0.717, 1.165) is 25.7 Å². The summed E-state index contributed by atoms with van der Waals surface area (Å²) < 4.78 is 0. The van der Waals surface area contributed by atoms with Gasteiger partial charge in [0.15, 0.2) is 0 Å². The summed E-state index contributed by atoms with van der Waals surface area (Å²) >= 11 is 0. The highest BCUT2D eigenvalue weighted by molar-refractivity contribution is 6.07. The van der Waals surface area contributed by atoms with Crippen molar-refractivity contribution in [3.05, 3.63) is 0 Å². The van der Waals surface area contributed by atoms with Crippen LogP contribution < -0.4 is 16.4 Å². The molecule has 0 radical (unpaired) electrons. The van der Waals surface area contributed by atoms with Crippen LogP contribution >= 0.6 is 0 Å². The molecular formula is C9H15N3O2. The lowest BCUT2D eigenvalue weighted by molar-refractivity contribution is -0.124. The van der Waals surface area contributed by atoms with Gasteiger partial charge in [-0.1, -0.05) is 19.3 Å². The monoisotopic (exact) mass is 197 g/mol. The van der Waals surface area contributed by atoms with Gasteiger partial charge in [0.1, 0.15) is 5.54 Å². The number of hydrogen-bond acceptors (Lipinski definition) is 3. The van der Waals surface area contributed by atoms with E-state index in [4.69, 9.17) is 5.73 Å². The van der Waals surface area contributed by atoms with Crippen molar-refractivity contribution in [2.75, 3.05) is 0 Å². The van der Waals surface area contributed by atoms with Crippen molar-refractivity contribution in [1.82, 2.24) is 10.6 Å². The molecule has 0 bridgehead atoms. The van der Waals surface area contributed by atoms with E-state index in [-0.39, 0.29) is 11.9 Å². The molecule has 2 rings (SSSR count). The SMILES string of the molecule is NC1CCCCCC12NC(=O)NC2=O. The summed E-state index contributed by atoms with van der Waals surface area (Å²) in [6.45, 7) is 0. The third-order valence-corrected chi connectivity index (χ3v) is 3.19. The van der Waals surface area contributed by atoms with E-state index < -0.39 is 11.6 Å². The molecule has 0 aromatic carbocycles. The minimum Gasteiger partial charge on any atom is -0.325 e. The molecule has 0 aromatic rings. The molecule has 1 spiro atoms. The van der Waals surface area contributed by atoms with E-state index >= 15 is 0 Å². The number of hydrogen-bond donors (Lipinski definition) is 3. The van der Waals surface area contributed by atoms with Crippen molar-refractivity contribution in [3.8, 4) is 0 Å². The van der Waals surface area contributed by atoms with E-state index in [0.29, 0.717) is 6.42 Å². The minimum absolute atomic E-state index is 0.253. The van der Waals surface area contributed by atoms with Crippen LogP contribution in [-0.2, 0) is 4.79 Å². The van der Waals surface area contributed by atoms with Gasteiger partial charge in [0, 0.05) is 6.04 Å². The molecule has 3 amide bonds. The lowest BCUT2D eigenvalue weighted by Gasteiger charge is -2.30. The maximum Gasteiger partial charge on any atom is 0.322 e. The molecule has 2 aliphatic rings. The van der Waals surface area contributed by atoms with Gasteiger partial charge in [-0.05, 0) is 12.8 Å². The van der Waals surface area contributed by atoms with Crippen molar-refractivity contribution < 1.29 is 9.59 Å². The average molecular weight is 197 g/mol. The number of carbonyl (C=O) groups is 2. The quantitative estimate of drug-likeness (QED) is 0.472. The lowest BCUT2D eigenvalue weighted by atomic mass is 9.86. The average Bonchev–Trinajstić information content (AvgIpc) is 2.31. The molecule has 1 saturated carbocycles. The summed E-state index contributed by atoms with van der Waals surface area (Å²) in [5.74, 6) is -0.253. The van der Waals surface area contributed by atoms with Gasteiger partial charge in [-0.2, -0.15) is 0 Å². The summed E-state index contributed by atoms with van der Waals surface area (Å²) in [6.07, 6.45) is 4.52. The van der Waals surface area contributed by atoms with Gasteiger partial charge in [-0.3, -0.25) is 10.1 Å². The summed E-state index contributed by atoms with van der Waals surface area (Å²) in [7, 11) is 0. The molecule has 1 aliphatic carbocycles. The zero-order valence-electron chi connectivity index (χ0n) is 8.01. The van der Waals surface area contributed by atoms with E-state index in [1.54, 1.807) is 0 Å². The van der Waals surface area contributed by atoms with Crippen LogP contribution in [0.5, 0.6) is 0 Å². The second-order valence-electron chi connectivity index (χ2n) is 4.09. The second kappa shape index (κ2) is 3.24. The first-order valence-corrected chi connectivity index (χ1v) is 5.04. The summed E-state index contributed by atoms with van der Waals surface area (Å²) in [5, 5.41) is 4.95. The minimum atomic E-state index is -0.826. The molecule has 78 valence electrons. The van der Waals surface area contributed by atoms with Crippen LogP contribution in [-0.4, -0.2) is 23.5 Å². The van der Waals surface area contributed by atoms with E-state index in [9.17, 15) is 9.59 Å². The Hall–Kier alpha value is -1.10. The topological polar surface area (TPSA) is 84.2 Å². The summed E-state index contributed by atoms with van der Waals surface area (Å²) in [4.78, 5) is 22.7. The van der Waals surface area contributed by atoms with Crippen LogP contribution in [0.4, 0.5) is 4.79 Å². The highest BCUT2D eigenvalue weighted by atomic mass is 16.2. The predicted molar refractivity (Wildman–Crippen MR) is 50.5 cm³/mol.